The lowest BCUT2D eigenvalue weighted by Gasteiger charge is -2.32. The molecule has 24 aromatic rings. The van der Waals surface area contributed by atoms with Crippen LogP contribution in [0.25, 0.3) is 259 Å². The standard InChI is InChI=1S/C68H12O4/c1-3-71-63(69)61-65-55-42-22-7-6-5-12-11-15-24(13(5)22)44(55)45-25(15)16-17-21(11)40-36(12)38-29(6)32-9-8(7)23-14-10(9)33-30-18-26(14)46(56(65)43(23)42)48-28(18)20-34-31-19(27(16)47-51(34)58(48)66(61,65)57(45)47)35(17)52-59(40)67-53(38)49(32)50(33)54-39(30)37(20)41(31)60(52)68(54,67)62(67)64(70)72-4-2/h61-62H,3-4H2,1-2H3. The molecule has 308 valence electrons. The third-order valence-corrected chi connectivity index (χ3v) is 27.0. The van der Waals surface area contributed by atoms with Gasteiger partial charge in [0.05, 0.1) is 46.7 Å². The Kier molecular flexibility index (Phi) is 2.27. The van der Waals surface area contributed by atoms with E-state index in [0.29, 0.717) is 13.2 Å². The second kappa shape index (κ2) is 5.98. The average Bonchev–Trinajstić information content (AvgIpc) is 4.18. The molecule has 2 saturated carbocycles. The molecule has 0 N–H and O–H groups in total. The molecule has 6 unspecified atom stereocenters. The fourth-order valence-corrected chi connectivity index (χ4v) is 27.5. The van der Waals surface area contributed by atoms with E-state index in [9.17, 15) is 0 Å². The van der Waals surface area contributed by atoms with Crippen LogP contribution in [0.15, 0.2) is 0 Å². The molecule has 4 heteroatoms. The second-order valence-corrected chi connectivity index (χ2v) is 26.6. The molecular formula is C68H12O4. The summed E-state index contributed by atoms with van der Waals surface area (Å²) < 4.78 is 13.2. The van der Waals surface area contributed by atoms with Crippen LogP contribution < -0.4 is 0 Å². The molecule has 34 rings (SSSR count). The van der Waals surface area contributed by atoms with Crippen molar-refractivity contribution in [2.24, 2.45) is 11.8 Å². The minimum absolute atomic E-state index is 0.0159. The highest BCUT2D eigenvalue weighted by Crippen LogP contribution is 2.96. The van der Waals surface area contributed by atoms with Crippen LogP contribution in [0.3, 0.4) is 0 Å². The van der Waals surface area contributed by atoms with Gasteiger partial charge in [0.2, 0.25) is 0 Å². The van der Waals surface area contributed by atoms with Crippen LogP contribution in [-0.4, -0.2) is 25.2 Å². The third kappa shape index (κ3) is 1.34. The maximum Gasteiger partial charge on any atom is 0.311 e. The number of hydrogen-bond acceptors (Lipinski definition) is 4. The summed E-state index contributed by atoms with van der Waals surface area (Å²) >= 11 is 0. The fourth-order valence-electron chi connectivity index (χ4n) is 27.5. The maximum atomic E-state index is 16.0. The van der Waals surface area contributed by atoms with E-state index in [2.05, 4.69) is 0 Å². The Morgan fingerprint density at radius 3 is 0.542 bits per heavy atom. The summed E-state index contributed by atoms with van der Waals surface area (Å²) in [6, 6.07) is 0. The number of carbonyl (C=O) groups excluding carboxylic acids is 2. The molecule has 0 radical (unpaired) electrons. The lowest BCUT2D eigenvalue weighted by Crippen LogP contribution is -2.27. The molecule has 24 aromatic carbocycles. The first kappa shape index (κ1) is 27.3. The van der Waals surface area contributed by atoms with Gasteiger partial charge >= 0.3 is 11.9 Å². The molecule has 0 amide bonds. The Balaban J connectivity index is 1.15. The fraction of sp³-hybridized carbons (Fsp3) is 0.147. The summed E-state index contributed by atoms with van der Waals surface area (Å²) in [5.41, 5.74) is 10.00. The molecule has 6 atom stereocenters. The van der Waals surface area contributed by atoms with E-state index in [4.69, 9.17) is 9.47 Å². The summed E-state index contributed by atoms with van der Waals surface area (Å²) in [5, 5.41) is 73.0. The Bertz CT molecular complexity index is 7400. The molecule has 0 saturated heterocycles. The molecule has 10 aliphatic carbocycles. The van der Waals surface area contributed by atoms with Crippen LogP contribution in [0.5, 0.6) is 0 Å². The van der Waals surface area contributed by atoms with Crippen LogP contribution in [0.2, 0.25) is 0 Å². The van der Waals surface area contributed by atoms with Gasteiger partial charge in [-0.2, -0.15) is 0 Å². The molecule has 0 aliphatic heterocycles. The van der Waals surface area contributed by atoms with E-state index >= 15 is 9.59 Å². The predicted octanol–water partition coefficient (Wildman–Crippen LogP) is 15.2. The van der Waals surface area contributed by atoms with Gasteiger partial charge in [-0.05, 0) is 317 Å². The van der Waals surface area contributed by atoms with Crippen LogP contribution >= 0.6 is 0 Å². The summed E-state index contributed by atoms with van der Waals surface area (Å²) in [6.07, 6.45) is 0. The highest BCUT2D eigenvalue weighted by Gasteiger charge is 2.92. The summed E-state index contributed by atoms with van der Waals surface area (Å²) in [7, 11) is 0. The first-order valence-electron chi connectivity index (χ1n) is 27.0. The van der Waals surface area contributed by atoms with Gasteiger partial charge in [-0.25, -0.2) is 0 Å². The van der Waals surface area contributed by atoms with E-state index in [1.54, 1.807) is 10.8 Å². The van der Waals surface area contributed by atoms with Gasteiger partial charge < -0.3 is 9.47 Å². The molecule has 4 spiro atoms. The van der Waals surface area contributed by atoms with E-state index in [-0.39, 0.29) is 23.8 Å². The summed E-state index contributed by atoms with van der Waals surface area (Å²) in [6.45, 7) is 4.84. The molecule has 10 aliphatic rings. The minimum atomic E-state index is -0.547. The quantitative estimate of drug-likeness (QED) is 0.130. The zero-order chi connectivity index (χ0) is 43.5. The number of rotatable bonds is 4. The maximum absolute atomic E-state index is 16.0. The van der Waals surface area contributed by atoms with Crippen molar-refractivity contribution in [3.8, 4) is 0 Å². The van der Waals surface area contributed by atoms with Crippen LogP contribution in [0.1, 0.15) is 58.4 Å². The second-order valence-electron chi connectivity index (χ2n) is 26.6. The first-order chi connectivity index (χ1) is 35.7. The van der Waals surface area contributed by atoms with E-state index in [0.717, 1.165) is 0 Å². The van der Waals surface area contributed by atoms with Gasteiger partial charge in [-0.1, -0.05) is 0 Å². The van der Waals surface area contributed by atoms with Crippen molar-refractivity contribution in [1.82, 2.24) is 0 Å². The van der Waals surface area contributed by atoms with Crippen molar-refractivity contribution >= 4 is 270 Å². The largest absolute Gasteiger partial charge is 0.466 e. The highest BCUT2D eigenvalue weighted by molar-refractivity contribution is 6.78. The topological polar surface area (TPSA) is 52.6 Å². The van der Waals surface area contributed by atoms with Crippen LogP contribution in [0.4, 0.5) is 0 Å². The van der Waals surface area contributed by atoms with E-state index in [1.165, 1.54) is 292 Å². The van der Waals surface area contributed by atoms with Crippen LogP contribution in [0, 0.1) is 11.8 Å². The molecule has 2 fully saturated rings. The van der Waals surface area contributed by atoms with Gasteiger partial charge in [0.15, 0.2) is 0 Å². The van der Waals surface area contributed by atoms with Crippen LogP contribution in [-0.2, 0) is 40.7 Å². The lowest BCUT2D eigenvalue weighted by atomic mass is 9.67. The number of esters is 2. The van der Waals surface area contributed by atoms with Crippen molar-refractivity contribution in [1.29, 1.82) is 0 Å². The molecule has 4 nitrogen and oxygen atoms in total. The first-order valence-corrected chi connectivity index (χ1v) is 27.0. The monoisotopic (exact) mass is 892 g/mol. The average molecular weight is 893 g/mol. The van der Waals surface area contributed by atoms with E-state index in [1.807, 2.05) is 13.8 Å². The Hall–Kier alpha value is -8.34. The molecule has 0 bridgehead atoms. The normalized spacial score (nSPS) is 28.9. The zero-order valence-corrected chi connectivity index (χ0v) is 37.2. The molecule has 0 aromatic heterocycles. The molecule has 0 heterocycles. The summed E-state index contributed by atoms with van der Waals surface area (Å²) in [4.78, 5) is 32.0. The van der Waals surface area contributed by atoms with Crippen molar-refractivity contribution in [2.45, 2.75) is 35.5 Å². The predicted molar refractivity (Wildman–Crippen MR) is 287 cm³/mol. The van der Waals surface area contributed by atoms with Crippen molar-refractivity contribution in [3.63, 3.8) is 0 Å². The van der Waals surface area contributed by atoms with Crippen molar-refractivity contribution in [2.75, 3.05) is 13.2 Å². The smallest absolute Gasteiger partial charge is 0.311 e. The number of carbonyl (C=O) groups is 2. The van der Waals surface area contributed by atoms with Gasteiger partial charge in [0.1, 0.15) is 0 Å². The van der Waals surface area contributed by atoms with Crippen molar-refractivity contribution < 1.29 is 19.1 Å². The lowest BCUT2D eigenvalue weighted by molar-refractivity contribution is -0.146. The zero-order valence-electron chi connectivity index (χ0n) is 37.2. The Labute approximate surface area is 392 Å². The van der Waals surface area contributed by atoms with Gasteiger partial charge in [-0.3, -0.25) is 9.59 Å². The van der Waals surface area contributed by atoms with Gasteiger partial charge in [0.25, 0.3) is 0 Å². The molecule has 72 heavy (non-hydrogen) atoms. The summed E-state index contributed by atoms with van der Waals surface area (Å²) in [5.74, 6) is -0.624. The SMILES string of the molecule is CCOC(=O)C1C23c4c5c6c2c2c7c8c9c%10c(c%11c4c4c%12c%13c%14c%15c%16c%17c%18c%19c%20c%21c%22c%23c(c%13c%13c%23c%23c(c%11c%134)c%10c4c%23c%22c%20c%10c4c9c4c7c7c2c2c6c(c%16c2c%18c7c%19c4%10)c%14c5%12)C%152C(C(=O)OCC)C%17%212)C813. The highest BCUT2D eigenvalue weighted by atomic mass is 16.5. The third-order valence-electron chi connectivity index (χ3n) is 27.0. The van der Waals surface area contributed by atoms with Crippen molar-refractivity contribution in [3.05, 3.63) is 44.5 Å². The number of hydrogen-bond donors (Lipinski definition) is 0. The van der Waals surface area contributed by atoms with Gasteiger partial charge in [0, 0.05) is 0 Å². The molecular weight excluding hydrogens is 881 g/mol. The Morgan fingerprint density at radius 2 is 0.361 bits per heavy atom. The Morgan fingerprint density at radius 1 is 0.236 bits per heavy atom. The number of benzene rings is 15. The number of ether oxygens (including phenoxy) is 2. The minimum Gasteiger partial charge on any atom is -0.466 e. The van der Waals surface area contributed by atoms with E-state index < -0.39 is 21.7 Å². The van der Waals surface area contributed by atoms with Gasteiger partial charge in [-0.15, -0.1) is 0 Å².